The van der Waals surface area contributed by atoms with Crippen LogP contribution in [0, 0.1) is 5.92 Å². The van der Waals surface area contributed by atoms with Gasteiger partial charge in [0.2, 0.25) is 11.8 Å². The van der Waals surface area contributed by atoms with Gasteiger partial charge in [0.1, 0.15) is 0 Å². The second-order valence-electron chi connectivity index (χ2n) is 9.38. The zero-order valence-electron chi connectivity index (χ0n) is 20.2. The summed E-state index contributed by atoms with van der Waals surface area (Å²) in [5.41, 5.74) is 1.09. The fourth-order valence-corrected chi connectivity index (χ4v) is 4.71. The summed E-state index contributed by atoms with van der Waals surface area (Å²) in [6.07, 6.45) is -2.94. The number of benzene rings is 2. The standard InChI is InChI=1S/C25H30F3N3O4S/c1-15(2)14-21(30-20-12-13-29-23(20)32)24(33)31-22(25(26,27)28)18-6-4-16(5-7-18)17-8-10-19(11-9-17)36(3,34)35/h4-11,15,20-22,30H,12-14H2,1-3H3,(H,29,32)(H,31,33)/t20?,21-,22-/m0/s1. The average Bonchev–Trinajstić information content (AvgIpc) is 3.20. The van der Waals surface area contributed by atoms with E-state index in [4.69, 9.17) is 0 Å². The molecule has 0 aliphatic carbocycles. The first-order valence-electron chi connectivity index (χ1n) is 11.6. The second kappa shape index (κ2) is 11.0. The highest BCUT2D eigenvalue weighted by molar-refractivity contribution is 7.90. The van der Waals surface area contributed by atoms with E-state index < -0.39 is 40.0 Å². The molecule has 0 bridgehead atoms. The molecule has 0 saturated carbocycles. The smallest absolute Gasteiger partial charge is 0.355 e. The molecule has 0 radical (unpaired) electrons. The molecule has 7 nitrogen and oxygen atoms in total. The van der Waals surface area contributed by atoms with Gasteiger partial charge in [-0.05, 0) is 47.6 Å². The van der Waals surface area contributed by atoms with Crippen molar-refractivity contribution in [1.82, 2.24) is 16.0 Å². The Bertz CT molecular complexity index is 1180. The predicted octanol–water partition coefficient (Wildman–Crippen LogP) is 3.37. The van der Waals surface area contributed by atoms with Crippen LogP contribution < -0.4 is 16.0 Å². The quantitative estimate of drug-likeness (QED) is 0.466. The molecule has 11 heteroatoms. The molecule has 1 unspecified atom stereocenters. The Morgan fingerprint density at radius 2 is 1.61 bits per heavy atom. The first kappa shape index (κ1) is 27.7. The largest absolute Gasteiger partial charge is 0.412 e. The van der Waals surface area contributed by atoms with E-state index in [9.17, 15) is 31.2 Å². The minimum absolute atomic E-state index is 0.00965. The van der Waals surface area contributed by atoms with Gasteiger partial charge in [-0.25, -0.2) is 8.42 Å². The molecule has 0 aromatic heterocycles. The Kier molecular flexibility index (Phi) is 8.45. The fourth-order valence-electron chi connectivity index (χ4n) is 4.08. The predicted molar refractivity (Wildman–Crippen MR) is 130 cm³/mol. The van der Waals surface area contributed by atoms with Crippen molar-refractivity contribution in [3.63, 3.8) is 0 Å². The Labute approximate surface area is 208 Å². The number of hydrogen-bond acceptors (Lipinski definition) is 5. The van der Waals surface area contributed by atoms with Gasteiger partial charge in [0.05, 0.1) is 17.0 Å². The van der Waals surface area contributed by atoms with Gasteiger partial charge >= 0.3 is 6.18 Å². The van der Waals surface area contributed by atoms with Crippen molar-refractivity contribution < 1.29 is 31.2 Å². The molecule has 1 fully saturated rings. The number of hydrogen-bond donors (Lipinski definition) is 3. The van der Waals surface area contributed by atoms with Gasteiger partial charge in [0, 0.05) is 12.8 Å². The van der Waals surface area contributed by atoms with Gasteiger partial charge in [-0.3, -0.25) is 14.9 Å². The summed E-state index contributed by atoms with van der Waals surface area (Å²) in [4.78, 5) is 25.0. The Morgan fingerprint density at radius 1 is 1.06 bits per heavy atom. The van der Waals surface area contributed by atoms with Gasteiger partial charge in [-0.1, -0.05) is 50.2 Å². The van der Waals surface area contributed by atoms with Gasteiger partial charge in [-0.15, -0.1) is 0 Å². The van der Waals surface area contributed by atoms with E-state index in [1.54, 1.807) is 12.1 Å². The molecule has 1 aliphatic heterocycles. The van der Waals surface area contributed by atoms with Crippen LogP contribution >= 0.6 is 0 Å². The van der Waals surface area contributed by atoms with Crippen LogP contribution in [-0.4, -0.2) is 51.3 Å². The summed E-state index contributed by atoms with van der Waals surface area (Å²) in [5, 5.41) is 7.69. The van der Waals surface area contributed by atoms with Crippen molar-refractivity contribution in [1.29, 1.82) is 0 Å². The maximum atomic E-state index is 14.0. The summed E-state index contributed by atoms with van der Waals surface area (Å²) >= 11 is 0. The lowest BCUT2D eigenvalue weighted by atomic mass is 9.98. The minimum atomic E-state index is -4.75. The molecule has 3 rings (SSSR count). The summed E-state index contributed by atoms with van der Waals surface area (Å²) in [6, 6.07) is 7.75. The summed E-state index contributed by atoms with van der Waals surface area (Å²) in [5.74, 6) is -1.09. The number of sulfone groups is 1. The van der Waals surface area contributed by atoms with Crippen molar-refractivity contribution in [2.24, 2.45) is 5.92 Å². The molecule has 3 atom stereocenters. The Hall–Kier alpha value is -2.92. The van der Waals surface area contributed by atoms with Crippen LogP contribution in [-0.2, 0) is 19.4 Å². The van der Waals surface area contributed by atoms with Crippen LogP contribution in [0.2, 0.25) is 0 Å². The van der Waals surface area contributed by atoms with E-state index in [0.717, 1.165) is 6.26 Å². The van der Waals surface area contributed by atoms with Crippen LogP contribution in [0.15, 0.2) is 53.4 Å². The lowest BCUT2D eigenvalue weighted by molar-refractivity contribution is -0.164. The van der Waals surface area contributed by atoms with Gasteiger partial charge in [0.15, 0.2) is 15.9 Å². The van der Waals surface area contributed by atoms with E-state index in [0.29, 0.717) is 24.1 Å². The molecular formula is C25H30F3N3O4S. The van der Waals surface area contributed by atoms with E-state index in [1.807, 2.05) is 13.8 Å². The average molecular weight is 526 g/mol. The molecule has 196 valence electrons. The van der Waals surface area contributed by atoms with Crippen molar-refractivity contribution in [3.8, 4) is 11.1 Å². The van der Waals surface area contributed by atoms with Crippen LogP contribution in [0.25, 0.3) is 11.1 Å². The van der Waals surface area contributed by atoms with Crippen molar-refractivity contribution in [2.75, 3.05) is 12.8 Å². The molecule has 2 amide bonds. The summed E-state index contributed by atoms with van der Waals surface area (Å²) < 4.78 is 65.2. The first-order valence-corrected chi connectivity index (χ1v) is 13.5. The second-order valence-corrected chi connectivity index (χ2v) is 11.4. The van der Waals surface area contributed by atoms with Crippen LogP contribution in [0.4, 0.5) is 13.2 Å². The fraction of sp³-hybridized carbons (Fsp3) is 0.440. The highest BCUT2D eigenvalue weighted by Gasteiger charge is 2.43. The maximum absolute atomic E-state index is 14.0. The van der Waals surface area contributed by atoms with Gasteiger partial charge in [-0.2, -0.15) is 13.2 Å². The maximum Gasteiger partial charge on any atom is 0.412 e. The summed E-state index contributed by atoms with van der Waals surface area (Å²) in [6.45, 7) is 4.14. The molecule has 1 heterocycles. The zero-order chi connectivity index (χ0) is 26.7. The highest BCUT2D eigenvalue weighted by Crippen LogP contribution is 2.34. The SMILES string of the molecule is CC(C)C[C@H](NC1CCNC1=O)C(=O)N[C@@H](c1ccc(-c2ccc(S(C)(=O)=O)cc2)cc1)C(F)(F)F. The van der Waals surface area contributed by atoms with Gasteiger partial charge < -0.3 is 10.6 Å². The van der Waals surface area contributed by atoms with E-state index in [-0.39, 0.29) is 28.7 Å². The number of amides is 2. The topological polar surface area (TPSA) is 104 Å². The van der Waals surface area contributed by atoms with Crippen molar-refractivity contribution in [2.45, 2.75) is 55.9 Å². The van der Waals surface area contributed by atoms with Crippen LogP contribution in [0.3, 0.4) is 0 Å². The van der Waals surface area contributed by atoms with E-state index >= 15 is 0 Å². The summed E-state index contributed by atoms with van der Waals surface area (Å²) in [7, 11) is -3.37. The third kappa shape index (κ3) is 7.07. The Balaban J connectivity index is 1.80. The third-order valence-corrected chi connectivity index (χ3v) is 7.08. The molecule has 2 aromatic rings. The molecule has 1 aliphatic rings. The molecule has 36 heavy (non-hydrogen) atoms. The van der Waals surface area contributed by atoms with E-state index in [2.05, 4.69) is 16.0 Å². The highest BCUT2D eigenvalue weighted by atomic mass is 32.2. The monoisotopic (exact) mass is 525 g/mol. The lowest BCUT2D eigenvalue weighted by Crippen LogP contribution is -2.53. The molecular weight excluding hydrogens is 495 g/mol. The number of carbonyl (C=O) groups is 2. The third-order valence-electron chi connectivity index (χ3n) is 5.95. The van der Waals surface area contributed by atoms with Crippen LogP contribution in [0.1, 0.15) is 38.3 Å². The zero-order valence-corrected chi connectivity index (χ0v) is 21.0. The normalized spacial score (nSPS) is 18.1. The first-order chi connectivity index (χ1) is 16.8. The Morgan fingerprint density at radius 3 is 2.06 bits per heavy atom. The van der Waals surface area contributed by atoms with E-state index in [1.165, 1.54) is 36.4 Å². The van der Waals surface area contributed by atoms with Crippen molar-refractivity contribution >= 4 is 21.7 Å². The molecule has 1 saturated heterocycles. The molecule has 2 aromatic carbocycles. The van der Waals surface area contributed by atoms with Gasteiger partial charge in [0.25, 0.3) is 0 Å². The number of nitrogens with one attached hydrogen (secondary N) is 3. The van der Waals surface area contributed by atoms with Crippen LogP contribution in [0.5, 0.6) is 0 Å². The molecule has 3 N–H and O–H groups in total. The lowest BCUT2D eigenvalue weighted by Gasteiger charge is -2.27. The number of halogens is 3. The number of rotatable bonds is 9. The number of carbonyl (C=O) groups excluding carboxylic acids is 2. The minimum Gasteiger partial charge on any atom is -0.355 e. The van der Waals surface area contributed by atoms with Crippen molar-refractivity contribution in [3.05, 3.63) is 54.1 Å². The number of alkyl halides is 3. The molecule has 0 spiro atoms.